The number of anilines is 3. The lowest BCUT2D eigenvalue weighted by atomic mass is 10.2. The van der Waals surface area contributed by atoms with Crippen LogP contribution in [0.5, 0.6) is 0 Å². The van der Waals surface area contributed by atoms with Crippen molar-refractivity contribution in [1.29, 1.82) is 0 Å². The lowest BCUT2D eigenvalue weighted by Gasteiger charge is -2.11. The van der Waals surface area contributed by atoms with E-state index in [0.29, 0.717) is 24.0 Å². The smallest absolute Gasteiger partial charge is 0.335 e. The summed E-state index contributed by atoms with van der Waals surface area (Å²) in [5.41, 5.74) is 1.50. The third kappa shape index (κ3) is 4.34. The van der Waals surface area contributed by atoms with E-state index in [2.05, 4.69) is 20.6 Å². The summed E-state index contributed by atoms with van der Waals surface area (Å²) in [6.45, 7) is 0.358. The number of aliphatic hydroxyl groups is 1. The number of halogens is 1. The van der Waals surface area contributed by atoms with Gasteiger partial charge in [-0.3, -0.25) is 0 Å². The van der Waals surface area contributed by atoms with E-state index < -0.39 is 5.97 Å². The lowest BCUT2D eigenvalue weighted by molar-refractivity contribution is 0.0697. The standard InChI is InChI=1S/C17H16N4O3.ClH/c22-9-8-18-15-13-6-1-2-7-14(13)20-17(21-15)19-12-5-3-4-11(10-12)16(23)24;/h1-7,10,22H,8-9H2,(H,23,24)(H2,18,19,20,21);1H. The molecular formula is C17H17ClN4O3. The van der Waals surface area contributed by atoms with Gasteiger partial charge in [-0.25, -0.2) is 9.78 Å². The Labute approximate surface area is 150 Å². The molecule has 0 fully saturated rings. The highest BCUT2D eigenvalue weighted by molar-refractivity contribution is 5.91. The van der Waals surface area contributed by atoms with Gasteiger partial charge in [-0.05, 0) is 30.3 Å². The fraction of sp³-hybridized carbons (Fsp3) is 0.118. The molecule has 1 aromatic heterocycles. The largest absolute Gasteiger partial charge is 0.478 e. The maximum atomic E-state index is 11.1. The fourth-order valence-electron chi connectivity index (χ4n) is 2.30. The minimum Gasteiger partial charge on any atom is -0.478 e. The molecule has 0 aliphatic carbocycles. The summed E-state index contributed by atoms with van der Waals surface area (Å²) in [4.78, 5) is 19.9. The van der Waals surface area contributed by atoms with Gasteiger partial charge in [-0.2, -0.15) is 4.98 Å². The summed E-state index contributed by atoms with van der Waals surface area (Å²) in [6, 6.07) is 13.9. The SMILES string of the molecule is Cl.O=C(O)c1cccc(Nc2nc(NCCO)c3ccccc3n2)c1. The number of nitrogens with one attached hydrogen (secondary N) is 2. The number of hydrogen-bond acceptors (Lipinski definition) is 6. The van der Waals surface area contributed by atoms with E-state index in [1.165, 1.54) is 12.1 Å². The third-order valence-corrected chi connectivity index (χ3v) is 3.37. The second-order valence-electron chi connectivity index (χ2n) is 5.07. The van der Waals surface area contributed by atoms with Crippen molar-refractivity contribution in [2.75, 3.05) is 23.8 Å². The number of aromatic nitrogens is 2. The molecule has 3 aromatic rings. The van der Waals surface area contributed by atoms with Gasteiger partial charge >= 0.3 is 5.97 Å². The van der Waals surface area contributed by atoms with Crippen LogP contribution in [0.4, 0.5) is 17.5 Å². The van der Waals surface area contributed by atoms with E-state index in [0.717, 1.165) is 10.9 Å². The van der Waals surface area contributed by atoms with Crippen LogP contribution in [0.25, 0.3) is 10.9 Å². The summed E-state index contributed by atoms with van der Waals surface area (Å²) >= 11 is 0. The zero-order valence-electron chi connectivity index (χ0n) is 13.1. The van der Waals surface area contributed by atoms with E-state index in [1.54, 1.807) is 12.1 Å². The van der Waals surface area contributed by atoms with Crippen LogP contribution in [0.1, 0.15) is 10.4 Å². The number of carbonyl (C=O) groups is 1. The normalized spacial score (nSPS) is 10.1. The quantitative estimate of drug-likeness (QED) is 0.535. The molecule has 4 N–H and O–H groups in total. The first-order chi connectivity index (χ1) is 11.7. The van der Waals surface area contributed by atoms with Gasteiger partial charge in [0.25, 0.3) is 0 Å². The van der Waals surface area contributed by atoms with Gasteiger partial charge in [-0.15, -0.1) is 12.4 Å². The van der Waals surface area contributed by atoms with Crippen molar-refractivity contribution in [2.45, 2.75) is 0 Å². The minimum absolute atomic E-state index is 0. The monoisotopic (exact) mass is 360 g/mol. The molecule has 0 amide bonds. The number of carboxylic acid groups (broad SMARTS) is 1. The van der Waals surface area contributed by atoms with Gasteiger partial charge in [-0.1, -0.05) is 18.2 Å². The molecule has 0 unspecified atom stereocenters. The van der Waals surface area contributed by atoms with Crippen LogP contribution in [-0.4, -0.2) is 39.3 Å². The molecule has 25 heavy (non-hydrogen) atoms. The lowest BCUT2D eigenvalue weighted by Crippen LogP contribution is -2.09. The molecule has 3 rings (SSSR count). The van der Waals surface area contributed by atoms with Gasteiger partial charge in [0.2, 0.25) is 5.95 Å². The highest BCUT2D eigenvalue weighted by Crippen LogP contribution is 2.23. The van der Waals surface area contributed by atoms with E-state index in [1.807, 2.05) is 24.3 Å². The number of rotatable bonds is 6. The Morgan fingerprint density at radius 2 is 1.88 bits per heavy atom. The van der Waals surface area contributed by atoms with Crippen LogP contribution < -0.4 is 10.6 Å². The Bertz CT molecular complexity index is 889. The molecule has 0 atom stereocenters. The molecule has 0 radical (unpaired) electrons. The van der Waals surface area contributed by atoms with Crippen LogP contribution in [-0.2, 0) is 0 Å². The highest BCUT2D eigenvalue weighted by Gasteiger charge is 2.09. The maximum absolute atomic E-state index is 11.1. The molecule has 1 heterocycles. The molecule has 0 aliphatic rings. The van der Waals surface area contributed by atoms with Crippen molar-refractivity contribution in [1.82, 2.24) is 9.97 Å². The Morgan fingerprint density at radius 3 is 2.64 bits per heavy atom. The molecule has 8 heteroatoms. The molecule has 0 saturated heterocycles. The van der Waals surface area contributed by atoms with Gasteiger partial charge < -0.3 is 20.8 Å². The summed E-state index contributed by atoms with van der Waals surface area (Å²) < 4.78 is 0. The molecule has 7 nitrogen and oxygen atoms in total. The maximum Gasteiger partial charge on any atom is 0.335 e. The first-order valence-corrected chi connectivity index (χ1v) is 7.39. The Morgan fingerprint density at radius 1 is 1.08 bits per heavy atom. The Balaban J connectivity index is 0.00000225. The van der Waals surface area contributed by atoms with Gasteiger partial charge in [0.1, 0.15) is 5.82 Å². The molecule has 0 bridgehead atoms. The van der Waals surface area contributed by atoms with E-state index in [9.17, 15) is 4.79 Å². The van der Waals surface area contributed by atoms with Crippen molar-refractivity contribution in [3.05, 3.63) is 54.1 Å². The van der Waals surface area contributed by atoms with Crippen molar-refractivity contribution >= 4 is 46.7 Å². The summed E-state index contributed by atoms with van der Waals surface area (Å²) in [6.07, 6.45) is 0. The molecule has 0 saturated carbocycles. The topological polar surface area (TPSA) is 107 Å². The number of aromatic carboxylic acids is 1. The van der Waals surface area contributed by atoms with Crippen LogP contribution >= 0.6 is 12.4 Å². The first kappa shape index (κ1) is 18.4. The minimum atomic E-state index is -0.997. The number of aliphatic hydroxyl groups excluding tert-OH is 1. The van der Waals surface area contributed by atoms with Gasteiger partial charge in [0, 0.05) is 17.6 Å². The molecule has 0 spiro atoms. The number of benzene rings is 2. The predicted octanol–water partition coefficient (Wildman–Crippen LogP) is 2.90. The number of carboxylic acids is 1. The fourth-order valence-corrected chi connectivity index (χ4v) is 2.30. The zero-order valence-corrected chi connectivity index (χ0v) is 14.0. The second kappa shape index (κ2) is 8.27. The van der Waals surface area contributed by atoms with Crippen LogP contribution in [0, 0.1) is 0 Å². The predicted molar refractivity (Wildman–Crippen MR) is 99.0 cm³/mol. The molecule has 0 aliphatic heterocycles. The van der Waals surface area contributed by atoms with Crippen molar-refractivity contribution in [2.24, 2.45) is 0 Å². The average molecular weight is 361 g/mol. The Hall–Kier alpha value is -2.90. The molecule has 2 aromatic carbocycles. The van der Waals surface area contributed by atoms with E-state index in [4.69, 9.17) is 10.2 Å². The number of hydrogen-bond donors (Lipinski definition) is 4. The summed E-state index contributed by atoms with van der Waals surface area (Å²) in [7, 11) is 0. The average Bonchev–Trinajstić information content (AvgIpc) is 2.60. The van der Waals surface area contributed by atoms with Crippen molar-refractivity contribution in [3.63, 3.8) is 0 Å². The highest BCUT2D eigenvalue weighted by atomic mass is 35.5. The second-order valence-corrected chi connectivity index (χ2v) is 5.07. The molecule has 130 valence electrons. The summed E-state index contributed by atoms with van der Waals surface area (Å²) in [5, 5.41) is 25.0. The van der Waals surface area contributed by atoms with E-state index in [-0.39, 0.29) is 24.6 Å². The van der Waals surface area contributed by atoms with Gasteiger partial charge in [0.05, 0.1) is 17.7 Å². The van der Waals surface area contributed by atoms with Crippen LogP contribution in [0.3, 0.4) is 0 Å². The van der Waals surface area contributed by atoms with Crippen molar-refractivity contribution < 1.29 is 15.0 Å². The first-order valence-electron chi connectivity index (χ1n) is 7.39. The molecular weight excluding hydrogens is 344 g/mol. The van der Waals surface area contributed by atoms with Crippen LogP contribution in [0.2, 0.25) is 0 Å². The number of para-hydroxylation sites is 1. The third-order valence-electron chi connectivity index (χ3n) is 3.37. The zero-order chi connectivity index (χ0) is 16.9. The Kier molecular flexibility index (Phi) is 6.10. The van der Waals surface area contributed by atoms with Crippen molar-refractivity contribution in [3.8, 4) is 0 Å². The van der Waals surface area contributed by atoms with E-state index >= 15 is 0 Å². The number of fused-ring (bicyclic) bond motifs is 1. The van der Waals surface area contributed by atoms with Crippen LogP contribution in [0.15, 0.2) is 48.5 Å². The number of nitrogens with zero attached hydrogens (tertiary/aromatic N) is 2. The van der Waals surface area contributed by atoms with Gasteiger partial charge in [0.15, 0.2) is 0 Å². The summed E-state index contributed by atoms with van der Waals surface area (Å²) in [5.74, 6) is -0.0494.